The largest absolute Gasteiger partial charge is 0.496 e. The molecule has 0 aliphatic carbocycles. The molecule has 2 aromatic rings. The minimum atomic E-state index is -1.82. The lowest BCUT2D eigenvalue weighted by Crippen LogP contribution is -2.37. The molecular formula is C21H28N2O6. The Hall–Kier alpha value is -2.68. The molecule has 0 atom stereocenters. The number of fused-ring (bicyclic) bond motifs is 1. The van der Waals surface area contributed by atoms with Crippen LogP contribution in [0.5, 0.6) is 5.75 Å². The average molecular weight is 404 g/mol. The molecule has 8 nitrogen and oxygen atoms in total. The van der Waals surface area contributed by atoms with Crippen LogP contribution >= 0.6 is 0 Å². The highest BCUT2D eigenvalue weighted by Gasteiger charge is 2.10. The van der Waals surface area contributed by atoms with E-state index in [1.165, 1.54) is 16.3 Å². The summed E-state index contributed by atoms with van der Waals surface area (Å²) < 4.78 is 10.9. The van der Waals surface area contributed by atoms with Gasteiger partial charge in [-0.05, 0) is 36.3 Å². The number of nitrogens with one attached hydrogen (secondary N) is 1. The van der Waals surface area contributed by atoms with Crippen molar-refractivity contribution in [3.05, 3.63) is 42.0 Å². The molecular weight excluding hydrogens is 376 g/mol. The fraction of sp³-hybridized carbons (Fsp3) is 0.429. The first-order valence-electron chi connectivity index (χ1n) is 9.54. The maximum atomic E-state index is 9.10. The molecule has 3 rings (SSSR count). The van der Waals surface area contributed by atoms with E-state index >= 15 is 0 Å². The Morgan fingerprint density at radius 2 is 1.79 bits per heavy atom. The van der Waals surface area contributed by atoms with Gasteiger partial charge < -0.3 is 25.0 Å². The Kier molecular flexibility index (Phi) is 9.36. The molecule has 1 fully saturated rings. The third-order valence-corrected chi connectivity index (χ3v) is 4.63. The number of hydrogen-bond acceptors (Lipinski definition) is 6. The number of aliphatic carboxylic acids is 2. The molecule has 0 radical (unpaired) electrons. The van der Waals surface area contributed by atoms with Gasteiger partial charge in [0.05, 0.1) is 20.3 Å². The summed E-state index contributed by atoms with van der Waals surface area (Å²) in [6.07, 6.45) is 1.16. The van der Waals surface area contributed by atoms with Crippen molar-refractivity contribution in [3.63, 3.8) is 0 Å². The Balaban J connectivity index is 0.000000438. The molecule has 1 aliphatic rings. The van der Waals surface area contributed by atoms with Gasteiger partial charge in [0, 0.05) is 25.2 Å². The second-order valence-electron chi connectivity index (χ2n) is 6.56. The van der Waals surface area contributed by atoms with Crippen LogP contribution in [-0.4, -0.2) is 73.6 Å². The second kappa shape index (κ2) is 12.0. The van der Waals surface area contributed by atoms with Crippen LogP contribution in [0.1, 0.15) is 12.0 Å². The van der Waals surface area contributed by atoms with Crippen molar-refractivity contribution < 1.29 is 29.3 Å². The van der Waals surface area contributed by atoms with Crippen molar-refractivity contribution in [3.8, 4) is 5.75 Å². The van der Waals surface area contributed by atoms with Crippen molar-refractivity contribution in [2.75, 3.05) is 46.5 Å². The zero-order valence-corrected chi connectivity index (χ0v) is 16.6. The molecule has 158 valence electrons. The molecule has 3 N–H and O–H groups in total. The van der Waals surface area contributed by atoms with Crippen molar-refractivity contribution in [2.45, 2.75) is 13.0 Å². The van der Waals surface area contributed by atoms with Crippen LogP contribution in [-0.2, 0) is 20.9 Å². The minimum Gasteiger partial charge on any atom is -0.496 e. The first kappa shape index (κ1) is 22.6. The van der Waals surface area contributed by atoms with E-state index in [-0.39, 0.29) is 0 Å². The molecule has 8 heteroatoms. The summed E-state index contributed by atoms with van der Waals surface area (Å²) in [6, 6.07) is 12.7. The Bertz CT molecular complexity index is 793. The number of carbonyl (C=O) groups is 2. The van der Waals surface area contributed by atoms with E-state index in [4.69, 9.17) is 29.3 Å². The average Bonchev–Trinajstić information content (AvgIpc) is 2.74. The topological polar surface area (TPSA) is 108 Å². The molecule has 1 aliphatic heterocycles. The molecule has 0 unspecified atom stereocenters. The number of ether oxygens (including phenoxy) is 2. The van der Waals surface area contributed by atoms with Crippen LogP contribution < -0.4 is 10.1 Å². The van der Waals surface area contributed by atoms with E-state index in [0.29, 0.717) is 0 Å². The highest BCUT2D eigenvalue weighted by atomic mass is 16.5. The van der Waals surface area contributed by atoms with Crippen molar-refractivity contribution >= 4 is 22.7 Å². The van der Waals surface area contributed by atoms with Gasteiger partial charge in [-0.2, -0.15) is 0 Å². The van der Waals surface area contributed by atoms with Gasteiger partial charge in [-0.3, -0.25) is 4.90 Å². The first-order chi connectivity index (χ1) is 14.0. The number of morpholine rings is 1. The number of nitrogens with zero attached hydrogens (tertiary/aromatic N) is 1. The summed E-state index contributed by atoms with van der Waals surface area (Å²) in [4.78, 5) is 20.7. The number of carboxylic acid groups (broad SMARTS) is 2. The Labute approximate surface area is 170 Å². The predicted octanol–water partition coefficient (Wildman–Crippen LogP) is 1.82. The van der Waals surface area contributed by atoms with Crippen molar-refractivity contribution in [1.29, 1.82) is 0 Å². The molecule has 0 amide bonds. The molecule has 0 bridgehead atoms. The number of rotatable bonds is 7. The van der Waals surface area contributed by atoms with E-state index < -0.39 is 11.9 Å². The maximum Gasteiger partial charge on any atom is 0.414 e. The quantitative estimate of drug-likeness (QED) is 0.474. The summed E-state index contributed by atoms with van der Waals surface area (Å²) in [5, 5.41) is 20.9. The molecule has 2 aromatic carbocycles. The number of hydrogen-bond donors (Lipinski definition) is 3. The van der Waals surface area contributed by atoms with Gasteiger partial charge in [0.25, 0.3) is 0 Å². The lowest BCUT2D eigenvalue weighted by atomic mass is 10.0. The van der Waals surface area contributed by atoms with Crippen LogP contribution in [0.4, 0.5) is 0 Å². The lowest BCUT2D eigenvalue weighted by molar-refractivity contribution is -0.159. The normalized spacial score (nSPS) is 14.1. The molecule has 0 saturated carbocycles. The molecule has 1 saturated heterocycles. The van der Waals surface area contributed by atoms with Gasteiger partial charge in [-0.1, -0.05) is 30.3 Å². The van der Waals surface area contributed by atoms with E-state index in [9.17, 15) is 0 Å². The standard InChI is InChI=1S/C19H26N2O2.C2H2O4/c1-22-19-8-7-16-5-2-3-6-17(16)18(19)15-20-9-4-10-21-11-13-23-14-12-21;3-1(4)2(5)6/h2-3,5-8,20H,4,9-15H2,1H3;(H,3,4)(H,5,6). The summed E-state index contributed by atoms with van der Waals surface area (Å²) in [5.74, 6) is -2.69. The van der Waals surface area contributed by atoms with Gasteiger partial charge in [0.2, 0.25) is 0 Å². The molecule has 0 spiro atoms. The van der Waals surface area contributed by atoms with E-state index in [1.807, 2.05) is 0 Å². The Morgan fingerprint density at radius 3 is 2.45 bits per heavy atom. The monoisotopic (exact) mass is 404 g/mol. The zero-order valence-electron chi connectivity index (χ0n) is 16.6. The smallest absolute Gasteiger partial charge is 0.414 e. The van der Waals surface area contributed by atoms with Crippen molar-refractivity contribution in [2.24, 2.45) is 0 Å². The van der Waals surface area contributed by atoms with Crippen molar-refractivity contribution in [1.82, 2.24) is 10.2 Å². The highest BCUT2D eigenvalue weighted by Crippen LogP contribution is 2.27. The number of methoxy groups -OCH3 is 1. The van der Waals surface area contributed by atoms with Crippen LogP contribution in [0.25, 0.3) is 10.8 Å². The summed E-state index contributed by atoms with van der Waals surface area (Å²) >= 11 is 0. The lowest BCUT2D eigenvalue weighted by Gasteiger charge is -2.26. The van der Waals surface area contributed by atoms with Gasteiger partial charge >= 0.3 is 11.9 Å². The second-order valence-corrected chi connectivity index (χ2v) is 6.56. The van der Waals surface area contributed by atoms with E-state index in [2.05, 4.69) is 46.6 Å². The number of benzene rings is 2. The van der Waals surface area contributed by atoms with Gasteiger partial charge in [0.1, 0.15) is 5.75 Å². The third kappa shape index (κ3) is 7.34. The molecule has 0 aromatic heterocycles. The van der Waals surface area contributed by atoms with Gasteiger partial charge in [0.15, 0.2) is 0 Å². The predicted molar refractivity (Wildman–Crippen MR) is 109 cm³/mol. The van der Waals surface area contributed by atoms with Crippen LogP contribution in [0.3, 0.4) is 0 Å². The van der Waals surface area contributed by atoms with E-state index in [0.717, 1.165) is 58.1 Å². The third-order valence-electron chi connectivity index (χ3n) is 4.63. The fourth-order valence-electron chi connectivity index (χ4n) is 3.16. The van der Waals surface area contributed by atoms with Crippen LogP contribution in [0.15, 0.2) is 36.4 Å². The Morgan fingerprint density at radius 1 is 1.10 bits per heavy atom. The maximum absolute atomic E-state index is 9.10. The summed E-state index contributed by atoms with van der Waals surface area (Å²) in [6.45, 7) is 6.88. The summed E-state index contributed by atoms with van der Waals surface area (Å²) in [7, 11) is 1.74. The van der Waals surface area contributed by atoms with E-state index in [1.54, 1.807) is 7.11 Å². The van der Waals surface area contributed by atoms with Gasteiger partial charge in [-0.25, -0.2) is 9.59 Å². The van der Waals surface area contributed by atoms with Crippen LogP contribution in [0.2, 0.25) is 0 Å². The highest BCUT2D eigenvalue weighted by molar-refractivity contribution is 6.27. The first-order valence-corrected chi connectivity index (χ1v) is 9.54. The summed E-state index contributed by atoms with van der Waals surface area (Å²) in [5.41, 5.74) is 1.25. The number of carboxylic acids is 2. The molecule has 29 heavy (non-hydrogen) atoms. The van der Waals surface area contributed by atoms with Gasteiger partial charge in [-0.15, -0.1) is 0 Å². The minimum absolute atomic E-state index is 0.841. The van der Waals surface area contributed by atoms with Crippen LogP contribution in [0, 0.1) is 0 Å². The molecule has 1 heterocycles. The zero-order chi connectivity index (χ0) is 21.1. The fourth-order valence-corrected chi connectivity index (χ4v) is 3.16. The SMILES string of the molecule is COc1ccc2ccccc2c1CNCCCN1CCOCC1.O=C(O)C(=O)O.